The molecule has 1 aliphatic carbocycles. The van der Waals surface area contributed by atoms with Crippen molar-refractivity contribution >= 4 is 27.6 Å². The number of benzene rings is 5. The average molecular weight is 368 g/mol. The highest BCUT2D eigenvalue weighted by Gasteiger charge is 2.22. The Bertz CT molecular complexity index is 1400. The molecule has 1 unspecified atom stereocenters. The Hall–Kier alpha value is -3.64. The SMILES string of the molecule is C1=CC(c2ccc3ccccc3c2)c2cccc(-c3cccc4ccccc34)c21. The van der Waals surface area contributed by atoms with E-state index in [1.54, 1.807) is 0 Å². The molecule has 0 nitrogen and oxygen atoms in total. The second-order valence-electron chi connectivity index (χ2n) is 7.78. The zero-order valence-electron chi connectivity index (χ0n) is 16.0. The summed E-state index contributed by atoms with van der Waals surface area (Å²) in [5.74, 6) is 0.310. The Morgan fingerprint density at radius 3 is 2.17 bits per heavy atom. The van der Waals surface area contributed by atoms with Gasteiger partial charge in [-0.2, -0.15) is 0 Å². The van der Waals surface area contributed by atoms with Crippen LogP contribution in [0, 0.1) is 0 Å². The van der Waals surface area contributed by atoms with Gasteiger partial charge in [0.1, 0.15) is 0 Å². The van der Waals surface area contributed by atoms with Crippen LogP contribution < -0.4 is 0 Å². The monoisotopic (exact) mass is 368 g/mol. The van der Waals surface area contributed by atoms with Crippen LogP contribution >= 0.6 is 0 Å². The second kappa shape index (κ2) is 6.46. The molecule has 0 N–H and O–H groups in total. The molecule has 5 aromatic rings. The first-order chi connectivity index (χ1) is 14.4. The van der Waals surface area contributed by atoms with Crippen molar-refractivity contribution in [3.63, 3.8) is 0 Å². The van der Waals surface area contributed by atoms with E-state index in [2.05, 4.69) is 115 Å². The Morgan fingerprint density at radius 1 is 0.517 bits per heavy atom. The third-order valence-corrected chi connectivity index (χ3v) is 6.14. The van der Waals surface area contributed by atoms with Crippen LogP contribution in [0.5, 0.6) is 0 Å². The predicted octanol–water partition coefficient (Wildman–Crippen LogP) is 7.82. The van der Waals surface area contributed by atoms with Gasteiger partial charge in [0.05, 0.1) is 0 Å². The first kappa shape index (κ1) is 16.3. The van der Waals surface area contributed by atoms with Crippen LogP contribution in [0.3, 0.4) is 0 Å². The molecule has 29 heavy (non-hydrogen) atoms. The zero-order chi connectivity index (χ0) is 19.2. The summed E-state index contributed by atoms with van der Waals surface area (Å²) in [5.41, 5.74) is 6.73. The maximum absolute atomic E-state index is 2.35. The average Bonchev–Trinajstić information content (AvgIpc) is 3.23. The van der Waals surface area contributed by atoms with Gasteiger partial charge in [-0.3, -0.25) is 0 Å². The van der Waals surface area contributed by atoms with Gasteiger partial charge >= 0.3 is 0 Å². The van der Waals surface area contributed by atoms with Gasteiger partial charge in [0.2, 0.25) is 0 Å². The first-order valence-corrected chi connectivity index (χ1v) is 10.2. The molecule has 1 atom stereocenters. The first-order valence-electron chi connectivity index (χ1n) is 10.2. The van der Waals surface area contributed by atoms with Gasteiger partial charge in [-0.1, -0.05) is 115 Å². The standard InChI is InChI=1S/C29H20/c1-2-9-22-19-23(16-15-20(22)7-1)25-17-18-29-27(25)13-6-14-28(29)26-12-5-10-21-8-3-4-11-24(21)26/h1-19,25H. The highest BCUT2D eigenvalue weighted by atomic mass is 14.3. The Kier molecular flexibility index (Phi) is 3.64. The molecule has 0 saturated heterocycles. The molecule has 136 valence electrons. The lowest BCUT2D eigenvalue weighted by atomic mass is 9.88. The lowest BCUT2D eigenvalue weighted by molar-refractivity contribution is 1.05. The van der Waals surface area contributed by atoms with Crippen molar-refractivity contribution in [2.75, 3.05) is 0 Å². The molecule has 0 saturated carbocycles. The number of fused-ring (bicyclic) bond motifs is 3. The Balaban J connectivity index is 1.51. The van der Waals surface area contributed by atoms with Crippen LogP contribution in [0.2, 0.25) is 0 Å². The summed E-state index contributed by atoms with van der Waals surface area (Å²) < 4.78 is 0. The van der Waals surface area contributed by atoms with Gasteiger partial charge in [-0.05, 0) is 49.4 Å². The molecule has 1 aliphatic rings. The van der Waals surface area contributed by atoms with Gasteiger partial charge in [-0.25, -0.2) is 0 Å². The third-order valence-electron chi connectivity index (χ3n) is 6.14. The molecule has 0 heteroatoms. The summed E-state index contributed by atoms with van der Waals surface area (Å²) >= 11 is 0. The highest BCUT2D eigenvalue weighted by molar-refractivity contribution is 5.99. The molecule has 5 aromatic carbocycles. The molecule has 0 amide bonds. The van der Waals surface area contributed by atoms with Gasteiger partial charge < -0.3 is 0 Å². The van der Waals surface area contributed by atoms with E-state index < -0.39 is 0 Å². The van der Waals surface area contributed by atoms with Gasteiger partial charge in [0, 0.05) is 5.92 Å². The fraction of sp³-hybridized carbons (Fsp3) is 0.0345. The number of allylic oxidation sites excluding steroid dienone is 1. The topological polar surface area (TPSA) is 0 Å². The molecule has 0 aromatic heterocycles. The molecule has 6 rings (SSSR count). The fourth-order valence-electron chi connectivity index (χ4n) is 4.72. The second-order valence-corrected chi connectivity index (χ2v) is 7.78. The molecular weight excluding hydrogens is 348 g/mol. The smallest absolute Gasteiger partial charge is 0.0279 e. The van der Waals surface area contributed by atoms with Gasteiger partial charge in [0.25, 0.3) is 0 Å². The van der Waals surface area contributed by atoms with E-state index in [1.807, 2.05) is 0 Å². The van der Waals surface area contributed by atoms with E-state index in [4.69, 9.17) is 0 Å². The maximum Gasteiger partial charge on any atom is 0.0279 e. The van der Waals surface area contributed by atoms with Crippen LogP contribution in [0.4, 0.5) is 0 Å². The molecule has 0 heterocycles. The molecule has 0 spiro atoms. The van der Waals surface area contributed by atoms with Crippen molar-refractivity contribution in [1.82, 2.24) is 0 Å². The van der Waals surface area contributed by atoms with E-state index in [0.29, 0.717) is 5.92 Å². The van der Waals surface area contributed by atoms with Crippen molar-refractivity contribution < 1.29 is 0 Å². The summed E-state index contributed by atoms with van der Waals surface area (Å²) in [4.78, 5) is 0. The largest absolute Gasteiger partial charge is 0.0720 e. The summed E-state index contributed by atoms with van der Waals surface area (Å²) in [6.45, 7) is 0. The quantitative estimate of drug-likeness (QED) is 0.298. The zero-order valence-corrected chi connectivity index (χ0v) is 16.0. The van der Waals surface area contributed by atoms with Crippen LogP contribution in [0.1, 0.15) is 22.6 Å². The van der Waals surface area contributed by atoms with Crippen molar-refractivity contribution in [2.45, 2.75) is 5.92 Å². The number of hydrogen-bond acceptors (Lipinski definition) is 0. The summed E-state index contributed by atoms with van der Waals surface area (Å²) in [6, 6.07) is 37.4. The van der Waals surface area contributed by atoms with Crippen LogP contribution in [-0.4, -0.2) is 0 Å². The minimum absolute atomic E-state index is 0.310. The minimum Gasteiger partial charge on any atom is -0.0720 e. The Morgan fingerprint density at radius 2 is 1.24 bits per heavy atom. The maximum atomic E-state index is 2.35. The third kappa shape index (κ3) is 2.61. The lowest BCUT2D eigenvalue weighted by Crippen LogP contribution is -1.97. The van der Waals surface area contributed by atoms with Gasteiger partial charge in [-0.15, -0.1) is 0 Å². The van der Waals surface area contributed by atoms with Crippen molar-refractivity contribution in [3.8, 4) is 11.1 Å². The van der Waals surface area contributed by atoms with Crippen LogP contribution in [0.25, 0.3) is 38.7 Å². The normalized spacial score (nSPS) is 15.1. The summed E-state index contributed by atoms with van der Waals surface area (Å²) in [7, 11) is 0. The van der Waals surface area contributed by atoms with Crippen molar-refractivity contribution in [1.29, 1.82) is 0 Å². The van der Waals surface area contributed by atoms with Crippen LogP contribution in [0.15, 0.2) is 109 Å². The fourth-order valence-corrected chi connectivity index (χ4v) is 4.72. The summed E-state index contributed by atoms with van der Waals surface area (Å²) in [5, 5.41) is 5.20. The number of rotatable bonds is 2. The molecule has 0 aliphatic heterocycles. The van der Waals surface area contributed by atoms with E-state index >= 15 is 0 Å². The minimum atomic E-state index is 0.310. The molecule has 0 radical (unpaired) electrons. The predicted molar refractivity (Wildman–Crippen MR) is 124 cm³/mol. The van der Waals surface area contributed by atoms with Crippen molar-refractivity contribution in [2.24, 2.45) is 0 Å². The summed E-state index contributed by atoms with van der Waals surface area (Å²) in [6.07, 6.45) is 4.66. The highest BCUT2D eigenvalue weighted by Crippen LogP contribution is 2.42. The van der Waals surface area contributed by atoms with E-state index in [0.717, 1.165) is 0 Å². The van der Waals surface area contributed by atoms with E-state index in [-0.39, 0.29) is 0 Å². The van der Waals surface area contributed by atoms with E-state index in [9.17, 15) is 0 Å². The van der Waals surface area contributed by atoms with Crippen molar-refractivity contribution in [3.05, 3.63) is 126 Å². The van der Waals surface area contributed by atoms with Gasteiger partial charge in [0.15, 0.2) is 0 Å². The molecule has 0 bridgehead atoms. The lowest BCUT2D eigenvalue weighted by Gasteiger charge is -2.15. The van der Waals surface area contributed by atoms with E-state index in [1.165, 1.54) is 49.4 Å². The van der Waals surface area contributed by atoms with Crippen LogP contribution in [-0.2, 0) is 0 Å². The Labute approximate surface area is 170 Å². The number of hydrogen-bond donors (Lipinski definition) is 0. The molecular formula is C29H20. The molecule has 0 fully saturated rings.